The molecule has 19 heavy (non-hydrogen) atoms. The van der Waals surface area contributed by atoms with Crippen molar-refractivity contribution in [2.24, 2.45) is 0 Å². The van der Waals surface area contributed by atoms with E-state index in [1.54, 1.807) is 0 Å². The molecule has 2 aromatic carbocycles. The van der Waals surface area contributed by atoms with Crippen molar-refractivity contribution in [3.8, 4) is 0 Å². The standard InChI is InChI=1S/C16H19ClN2/c1-19(10-9-13-5-3-2-4-6-13)12-14-7-8-15(18)11-16(14)17/h2-8,11H,9-10,12,18H2,1H3. The monoisotopic (exact) mass is 274 g/mol. The van der Waals surface area contributed by atoms with E-state index >= 15 is 0 Å². The molecule has 0 amide bonds. The Morgan fingerprint density at radius 3 is 2.53 bits per heavy atom. The Labute approximate surface area is 119 Å². The molecule has 0 saturated carbocycles. The van der Waals surface area contributed by atoms with E-state index in [0.29, 0.717) is 5.69 Å². The minimum atomic E-state index is 0.709. The number of nitrogen functional groups attached to an aromatic ring is 1. The summed E-state index contributed by atoms with van der Waals surface area (Å²) >= 11 is 6.18. The van der Waals surface area contributed by atoms with Gasteiger partial charge in [-0.3, -0.25) is 0 Å². The van der Waals surface area contributed by atoms with E-state index in [9.17, 15) is 0 Å². The highest BCUT2D eigenvalue weighted by atomic mass is 35.5. The summed E-state index contributed by atoms with van der Waals surface area (Å²) < 4.78 is 0. The molecule has 0 aromatic heterocycles. The molecule has 0 bridgehead atoms. The predicted molar refractivity (Wildman–Crippen MR) is 82.3 cm³/mol. The van der Waals surface area contributed by atoms with Crippen molar-refractivity contribution >= 4 is 17.3 Å². The van der Waals surface area contributed by atoms with Gasteiger partial charge < -0.3 is 10.6 Å². The van der Waals surface area contributed by atoms with Crippen LogP contribution in [-0.2, 0) is 13.0 Å². The minimum Gasteiger partial charge on any atom is -0.399 e. The molecule has 2 N–H and O–H groups in total. The van der Waals surface area contributed by atoms with Crippen LogP contribution in [0.25, 0.3) is 0 Å². The summed E-state index contributed by atoms with van der Waals surface area (Å²) in [6, 6.07) is 16.2. The summed E-state index contributed by atoms with van der Waals surface area (Å²) in [5.41, 5.74) is 8.88. The second-order valence-corrected chi connectivity index (χ2v) is 5.23. The second-order valence-electron chi connectivity index (χ2n) is 4.82. The number of rotatable bonds is 5. The molecule has 0 atom stereocenters. The Kier molecular flexibility index (Phi) is 4.83. The summed E-state index contributed by atoms with van der Waals surface area (Å²) in [6.45, 7) is 1.84. The van der Waals surface area contributed by atoms with Gasteiger partial charge in [0.15, 0.2) is 0 Å². The maximum Gasteiger partial charge on any atom is 0.0471 e. The van der Waals surface area contributed by atoms with Gasteiger partial charge in [0.25, 0.3) is 0 Å². The maximum atomic E-state index is 6.18. The molecule has 100 valence electrons. The number of benzene rings is 2. The van der Waals surface area contributed by atoms with Crippen LogP contribution in [0.2, 0.25) is 5.02 Å². The fraction of sp³-hybridized carbons (Fsp3) is 0.250. The van der Waals surface area contributed by atoms with Crippen LogP contribution in [-0.4, -0.2) is 18.5 Å². The zero-order valence-electron chi connectivity index (χ0n) is 11.1. The Balaban J connectivity index is 1.89. The summed E-state index contributed by atoms with van der Waals surface area (Å²) in [5.74, 6) is 0. The molecular weight excluding hydrogens is 256 g/mol. The van der Waals surface area contributed by atoms with E-state index in [2.05, 4.69) is 36.2 Å². The number of anilines is 1. The summed E-state index contributed by atoms with van der Waals surface area (Å²) in [4.78, 5) is 2.27. The SMILES string of the molecule is CN(CCc1ccccc1)Cc1ccc(N)cc1Cl. The van der Waals surface area contributed by atoms with Gasteiger partial charge in [-0.1, -0.05) is 48.0 Å². The third-order valence-corrected chi connectivity index (χ3v) is 3.49. The number of hydrogen-bond acceptors (Lipinski definition) is 2. The van der Waals surface area contributed by atoms with E-state index in [1.807, 2.05) is 24.3 Å². The van der Waals surface area contributed by atoms with Crippen LogP contribution >= 0.6 is 11.6 Å². The first kappa shape index (κ1) is 13.9. The molecule has 2 nitrogen and oxygen atoms in total. The average Bonchev–Trinajstić information content (AvgIpc) is 2.41. The van der Waals surface area contributed by atoms with Crippen molar-refractivity contribution in [2.75, 3.05) is 19.3 Å². The topological polar surface area (TPSA) is 29.3 Å². The lowest BCUT2D eigenvalue weighted by atomic mass is 10.1. The number of hydrogen-bond donors (Lipinski definition) is 1. The number of nitrogens with two attached hydrogens (primary N) is 1. The number of nitrogens with zero attached hydrogens (tertiary/aromatic N) is 1. The molecule has 2 rings (SSSR count). The normalized spacial score (nSPS) is 10.9. The van der Waals surface area contributed by atoms with E-state index in [-0.39, 0.29) is 0 Å². The zero-order valence-corrected chi connectivity index (χ0v) is 11.9. The fourth-order valence-corrected chi connectivity index (χ4v) is 2.28. The summed E-state index contributed by atoms with van der Waals surface area (Å²) in [7, 11) is 2.11. The molecule has 0 aliphatic rings. The molecule has 0 unspecified atom stereocenters. The molecule has 0 saturated heterocycles. The lowest BCUT2D eigenvalue weighted by Gasteiger charge is -2.17. The first-order chi connectivity index (χ1) is 9.15. The smallest absolute Gasteiger partial charge is 0.0471 e. The third kappa shape index (κ3) is 4.27. The highest BCUT2D eigenvalue weighted by Crippen LogP contribution is 2.20. The minimum absolute atomic E-state index is 0.709. The number of halogens is 1. The van der Waals surface area contributed by atoms with Gasteiger partial charge in [0.2, 0.25) is 0 Å². The molecule has 0 spiro atoms. The van der Waals surface area contributed by atoms with Crippen LogP contribution in [0.3, 0.4) is 0 Å². The Bertz CT molecular complexity index is 526. The van der Waals surface area contributed by atoms with Gasteiger partial charge in [0.1, 0.15) is 0 Å². The molecule has 0 aliphatic heterocycles. The zero-order chi connectivity index (χ0) is 13.7. The molecule has 0 radical (unpaired) electrons. The van der Waals surface area contributed by atoms with E-state index in [0.717, 1.165) is 30.1 Å². The van der Waals surface area contributed by atoms with Crippen LogP contribution in [0, 0.1) is 0 Å². The first-order valence-corrected chi connectivity index (χ1v) is 6.79. The number of likely N-dealkylation sites (N-methyl/N-ethyl adjacent to an activating group) is 1. The lowest BCUT2D eigenvalue weighted by molar-refractivity contribution is 0.331. The van der Waals surface area contributed by atoms with Crippen molar-refractivity contribution < 1.29 is 0 Å². The van der Waals surface area contributed by atoms with Crippen LogP contribution in [0.15, 0.2) is 48.5 Å². The van der Waals surface area contributed by atoms with E-state index in [4.69, 9.17) is 17.3 Å². The van der Waals surface area contributed by atoms with Crippen molar-refractivity contribution in [1.82, 2.24) is 4.90 Å². The van der Waals surface area contributed by atoms with Crippen molar-refractivity contribution in [2.45, 2.75) is 13.0 Å². The summed E-state index contributed by atoms with van der Waals surface area (Å²) in [6.07, 6.45) is 1.05. The van der Waals surface area contributed by atoms with E-state index < -0.39 is 0 Å². The van der Waals surface area contributed by atoms with E-state index in [1.165, 1.54) is 5.56 Å². The molecular formula is C16H19ClN2. The Morgan fingerprint density at radius 2 is 1.84 bits per heavy atom. The Hall–Kier alpha value is -1.51. The maximum absolute atomic E-state index is 6.18. The van der Waals surface area contributed by atoms with Crippen molar-refractivity contribution in [1.29, 1.82) is 0 Å². The highest BCUT2D eigenvalue weighted by molar-refractivity contribution is 6.31. The van der Waals surface area contributed by atoms with Gasteiger partial charge in [0.05, 0.1) is 0 Å². The van der Waals surface area contributed by atoms with Gasteiger partial charge in [-0.25, -0.2) is 0 Å². The van der Waals surface area contributed by atoms with Gasteiger partial charge in [0, 0.05) is 23.8 Å². The molecule has 0 aliphatic carbocycles. The Morgan fingerprint density at radius 1 is 1.11 bits per heavy atom. The fourth-order valence-electron chi connectivity index (χ4n) is 2.03. The largest absolute Gasteiger partial charge is 0.399 e. The highest BCUT2D eigenvalue weighted by Gasteiger charge is 2.05. The van der Waals surface area contributed by atoms with Gasteiger partial charge >= 0.3 is 0 Å². The molecule has 3 heteroatoms. The lowest BCUT2D eigenvalue weighted by Crippen LogP contribution is -2.20. The molecule has 0 fully saturated rings. The summed E-state index contributed by atoms with van der Waals surface area (Å²) in [5, 5.41) is 0.742. The van der Waals surface area contributed by atoms with Gasteiger partial charge in [-0.2, -0.15) is 0 Å². The van der Waals surface area contributed by atoms with Crippen molar-refractivity contribution in [3.63, 3.8) is 0 Å². The van der Waals surface area contributed by atoms with Gasteiger partial charge in [-0.15, -0.1) is 0 Å². The van der Waals surface area contributed by atoms with Crippen LogP contribution in [0.1, 0.15) is 11.1 Å². The third-order valence-electron chi connectivity index (χ3n) is 3.14. The molecule has 2 aromatic rings. The molecule has 0 heterocycles. The average molecular weight is 275 g/mol. The predicted octanol–water partition coefficient (Wildman–Crippen LogP) is 3.60. The van der Waals surface area contributed by atoms with Crippen LogP contribution in [0.5, 0.6) is 0 Å². The second kappa shape index (κ2) is 6.60. The quantitative estimate of drug-likeness (QED) is 0.844. The van der Waals surface area contributed by atoms with Crippen LogP contribution < -0.4 is 5.73 Å². The van der Waals surface area contributed by atoms with Crippen molar-refractivity contribution in [3.05, 3.63) is 64.7 Å². The first-order valence-electron chi connectivity index (χ1n) is 6.41. The van der Waals surface area contributed by atoms with Gasteiger partial charge in [-0.05, 0) is 36.7 Å². The van der Waals surface area contributed by atoms with Crippen LogP contribution in [0.4, 0.5) is 5.69 Å².